The summed E-state index contributed by atoms with van der Waals surface area (Å²) in [6, 6.07) is 8.46. The topological polar surface area (TPSA) is 9.23 Å². The van der Waals surface area contributed by atoms with Gasteiger partial charge < -0.3 is 4.43 Å². The van der Waals surface area contributed by atoms with Gasteiger partial charge in [-0.15, -0.1) is 0 Å². The van der Waals surface area contributed by atoms with E-state index < -0.39 is 8.32 Å². The van der Waals surface area contributed by atoms with Gasteiger partial charge in [0.25, 0.3) is 8.32 Å². The van der Waals surface area contributed by atoms with E-state index in [-0.39, 0.29) is 0 Å². The summed E-state index contributed by atoms with van der Waals surface area (Å²) in [6.07, 6.45) is 0. The molecule has 1 rings (SSSR count). The number of hydrogen-bond acceptors (Lipinski definition) is 1. The van der Waals surface area contributed by atoms with Crippen molar-refractivity contribution in [2.75, 3.05) is 0 Å². The molecule has 0 bridgehead atoms. The molecule has 0 aliphatic carbocycles. The number of benzene rings is 1. The van der Waals surface area contributed by atoms with E-state index in [1.165, 1.54) is 3.57 Å². The van der Waals surface area contributed by atoms with Crippen LogP contribution in [0.2, 0.25) is 16.6 Å². The van der Waals surface area contributed by atoms with Crippen molar-refractivity contribution in [2.24, 2.45) is 0 Å². The summed E-state index contributed by atoms with van der Waals surface area (Å²) in [5, 5.41) is 0. The number of halogens is 1. The van der Waals surface area contributed by atoms with E-state index in [0.29, 0.717) is 16.6 Å². The van der Waals surface area contributed by atoms with Crippen LogP contribution < -0.4 is 4.43 Å². The van der Waals surface area contributed by atoms with Crippen molar-refractivity contribution in [3.05, 3.63) is 27.8 Å². The maximum atomic E-state index is 6.58. The van der Waals surface area contributed by atoms with Crippen molar-refractivity contribution in [1.82, 2.24) is 0 Å². The SMILES string of the molecule is CC(C)[Si](Oc1ccc(I)cc1)(C(C)C)C(C)C. The minimum Gasteiger partial charge on any atom is -0.543 e. The largest absolute Gasteiger partial charge is 0.543 e. The van der Waals surface area contributed by atoms with Gasteiger partial charge in [0.2, 0.25) is 0 Å². The Hall–Kier alpha value is -0.0331. The van der Waals surface area contributed by atoms with E-state index >= 15 is 0 Å². The van der Waals surface area contributed by atoms with E-state index in [1.807, 2.05) is 0 Å². The maximum absolute atomic E-state index is 6.58. The van der Waals surface area contributed by atoms with Crippen LogP contribution in [0.15, 0.2) is 24.3 Å². The molecule has 3 heteroatoms. The van der Waals surface area contributed by atoms with E-state index in [0.717, 1.165) is 5.75 Å². The Morgan fingerprint density at radius 2 is 1.22 bits per heavy atom. The molecule has 0 spiro atoms. The Labute approximate surface area is 127 Å². The van der Waals surface area contributed by atoms with Crippen LogP contribution in [0.5, 0.6) is 5.75 Å². The second kappa shape index (κ2) is 6.42. The standard InChI is InChI=1S/C15H25IOSi/c1-11(2)18(12(3)4,13(5)6)17-15-9-7-14(16)8-10-15/h7-13H,1-6H3. The predicted molar refractivity (Wildman–Crippen MR) is 90.8 cm³/mol. The second-order valence-corrected chi connectivity index (χ2v) is 12.5. The fraction of sp³-hybridized carbons (Fsp3) is 0.600. The average molecular weight is 376 g/mol. The molecule has 0 heterocycles. The Kier molecular flexibility index (Phi) is 5.71. The fourth-order valence-electron chi connectivity index (χ4n) is 3.06. The van der Waals surface area contributed by atoms with Crippen LogP contribution in [-0.2, 0) is 0 Å². The van der Waals surface area contributed by atoms with Gasteiger partial charge in [-0.3, -0.25) is 0 Å². The first-order chi connectivity index (χ1) is 8.30. The highest BCUT2D eigenvalue weighted by atomic mass is 127. The zero-order valence-corrected chi connectivity index (χ0v) is 15.5. The average Bonchev–Trinajstić information content (AvgIpc) is 2.26. The van der Waals surface area contributed by atoms with Crippen molar-refractivity contribution in [3.8, 4) is 5.75 Å². The van der Waals surface area contributed by atoms with E-state index in [9.17, 15) is 0 Å². The summed E-state index contributed by atoms with van der Waals surface area (Å²) >= 11 is 2.33. The van der Waals surface area contributed by atoms with E-state index in [4.69, 9.17) is 4.43 Å². The van der Waals surface area contributed by atoms with Crippen molar-refractivity contribution >= 4 is 30.9 Å². The summed E-state index contributed by atoms with van der Waals surface area (Å²) in [4.78, 5) is 0. The fourth-order valence-corrected chi connectivity index (χ4v) is 8.67. The lowest BCUT2D eigenvalue weighted by Crippen LogP contribution is -2.50. The quantitative estimate of drug-likeness (QED) is 0.463. The molecule has 0 aliphatic rings. The first-order valence-corrected chi connectivity index (χ1v) is 9.97. The molecule has 0 amide bonds. The molecule has 18 heavy (non-hydrogen) atoms. The lowest BCUT2D eigenvalue weighted by Gasteiger charge is -2.42. The van der Waals surface area contributed by atoms with Gasteiger partial charge in [-0.05, 0) is 63.5 Å². The molecule has 0 saturated heterocycles. The summed E-state index contributed by atoms with van der Waals surface area (Å²) in [7, 11) is -1.79. The third-order valence-corrected chi connectivity index (χ3v) is 10.5. The zero-order valence-electron chi connectivity index (χ0n) is 12.3. The van der Waals surface area contributed by atoms with Gasteiger partial charge in [-0.25, -0.2) is 0 Å². The molecule has 0 atom stereocenters. The molecular weight excluding hydrogens is 351 g/mol. The van der Waals surface area contributed by atoms with Crippen LogP contribution in [-0.4, -0.2) is 8.32 Å². The first-order valence-electron chi connectivity index (χ1n) is 6.75. The van der Waals surface area contributed by atoms with Crippen molar-refractivity contribution in [1.29, 1.82) is 0 Å². The predicted octanol–water partition coefficient (Wildman–Crippen LogP) is 5.85. The molecule has 102 valence electrons. The number of hydrogen-bond donors (Lipinski definition) is 0. The molecule has 0 aliphatic heterocycles. The summed E-state index contributed by atoms with van der Waals surface area (Å²) < 4.78 is 7.83. The van der Waals surface area contributed by atoms with Gasteiger partial charge in [-0.2, -0.15) is 0 Å². The summed E-state index contributed by atoms with van der Waals surface area (Å²) in [5.74, 6) is 1.04. The van der Waals surface area contributed by atoms with Crippen molar-refractivity contribution < 1.29 is 4.43 Å². The van der Waals surface area contributed by atoms with Crippen LogP contribution in [0.4, 0.5) is 0 Å². The van der Waals surface area contributed by atoms with Gasteiger partial charge in [0.15, 0.2) is 0 Å². The Morgan fingerprint density at radius 1 is 0.833 bits per heavy atom. The van der Waals surface area contributed by atoms with Crippen LogP contribution in [0.25, 0.3) is 0 Å². The van der Waals surface area contributed by atoms with Gasteiger partial charge in [0.1, 0.15) is 5.75 Å². The Balaban J connectivity index is 3.08. The zero-order chi connectivity index (χ0) is 13.9. The second-order valence-electron chi connectivity index (χ2n) is 5.87. The highest BCUT2D eigenvalue weighted by Crippen LogP contribution is 2.42. The molecule has 1 aromatic rings. The molecule has 0 unspecified atom stereocenters. The third kappa shape index (κ3) is 3.29. The Morgan fingerprint density at radius 3 is 1.56 bits per heavy atom. The molecular formula is C15H25IOSi. The monoisotopic (exact) mass is 376 g/mol. The number of rotatable bonds is 5. The normalized spacial score (nSPS) is 12.6. The van der Waals surface area contributed by atoms with Crippen LogP contribution in [0, 0.1) is 3.57 Å². The van der Waals surface area contributed by atoms with Crippen LogP contribution >= 0.6 is 22.6 Å². The summed E-state index contributed by atoms with van der Waals surface area (Å²) in [6.45, 7) is 13.9. The van der Waals surface area contributed by atoms with E-state index in [2.05, 4.69) is 88.4 Å². The van der Waals surface area contributed by atoms with Gasteiger partial charge in [-0.1, -0.05) is 41.5 Å². The third-order valence-electron chi connectivity index (χ3n) is 3.82. The van der Waals surface area contributed by atoms with Gasteiger partial charge in [0, 0.05) is 3.57 Å². The minimum atomic E-state index is -1.79. The lowest BCUT2D eigenvalue weighted by atomic mass is 10.3. The molecule has 1 aromatic carbocycles. The smallest absolute Gasteiger partial charge is 0.258 e. The molecule has 0 fully saturated rings. The maximum Gasteiger partial charge on any atom is 0.258 e. The highest BCUT2D eigenvalue weighted by molar-refractivity contribution is 14.1. The van der Waals surface area contributed by atoms with Gasteiger partial charge in [0.05, 0.1) is 0 Å². The van der Waals surface area contributed by atoms with Crippen molar-refractivity contribution in [3.63, 3.8) is 0 Å². The van der Waals surface area contributed by atoms with Gasteiger partial charge >= 0.3 is 0 Å². The lowest BCUT2D eigenvalue weighted by molar-refractivity contribution is 0.479. The molecule has 0 aromatic heterocycles. The molecule has 0 radical (unpaired) electrons. The molecule has 0 N–H and O–H groups in total. The highest BCUT2D eigenvalue weighted by Gasteiger charge is 2.46. The first kappa shape index (κ1) is 16.0. The summed E-state index contributed by atoms with van der Waals surface area (Å²) in [5.41, 5.74) is 1.87. The Bertz CT molecular complexity index is 349. The van der Waals surface area contributed by atoms with Crippen LogP contribution in [0.1, 0.15) is 41.5 Å². The minimum absolute atomic E-state index is 0.622. The van der Waals surface area contributed by atoms with Crippen molar-refractivity contribution in [2.45, 2.75) is 58.2 Å². The molecule has 0 saturated carbocycles. The van der Waals surface area contributed by atoms with Crippen LogP contribution in [0.3, 0.4) is 0 Å². The molecule has 1 nitrogen and oxygen atoms in total. The van der Waals surface area contributed by atoms with E-state index in [1.54, 1.807) is 0 Å².